The summed E-state index contributed by atoms with van der Waals surface area (Å²) >= 11 is 0. The third-order valence-corrected chi connectivity index (χ3v) is 1.26. The van der Waals surface area contributed by atoms with Gasteiger partial charge in [0.1, 0.15) is 0 Å². The van der Waals surface area contributed by atoms with Crippen molar-refractivity contribution in [1.29, 1.82) is 0 Å². The molecule has 3 unspecified atom stereocenters. The summed E-state index contributed by atoms with van der Waals surface area (Å²) in [7, 11) is 1.33. The van der Waals surface area contributed by atoms with Crippen molar-refractivity contribution in [3.63, 3.8) is 0 Å². The summed E-state index contributed by atoms with van der Waals surface area (Å²) in [6, 6.07) is -1.02. The Morgan fingerprint density at radius 1 is 1.60 bits per heavy atom. The van der Waals surface area contributed by atoms with Crippen molar-refractivity contribution < 1.29 is 15.1 Å². The average Bonchev–Trinajstić information content (AvgIpc) is 1.88. The van der Waals surface area contributed by atoms with E-state index in [-0.39, 0.29) is 6.04 Å². The minimum absolute atomic E-state index is 0.375. The van der Waals surface area contributed by atoms with Crippen LogP contribution in [0.1, 0.15) is 6.92 Å². The molecule has 5 heteroatoms. The summed E-state index contributed by atoms with van der Waals surface area (Å²) in [5.41, 5.74) is 7.21. The molecule has 3 atom stereocenters. The van der Waals surface area contributed by atoms with Crippen molar-refractivity contribution in [2.75, 3.05) is 7.11 Å². The van der Waals surface area contributed by atoms with Gasteiger partial charge in [0, 0.05) is 13.2 Å². The SMILES string of the molecule is COC(O)C(NO)C(C)N. The molecule has 0 aromatic rings. The van der Waals surface area contributed by atoms with Gasteiger partial charge in [-0.2, -0.15) is 5.48 Å². The molecule has 0 amide bonds. The van der Waals surface area contributed by atoms with E-state index in [1.54, 1.807) is 6.92 Å². The van der Waals surface area contributed by atoms with E-state index in [0.29, 0.717) is 0 Å². The van der Waals surface area contributed by atoms with Gasteiger partial charge >= 0.3 is 0 Å². The van der Waals surface area contributed by atoms with E-state index in [4.69, 9.17) is 16.0 Å². The van der Waals surface area contributed by atoms with Crippen LogP contribution in [0.4, 0.5) is 0 Å². The number of methoxy groups -OCH3 is 1. The molecule has 0 aromatic carbocycles. The molecule has 0 aliphatic rings. The van der Waals surface area contributed by atoms with Crippen molar-refractivity contribution >= 4 is 0 Å². The minimum Gasteiger partial charge on any atom is -0.366 e. The van der Waals surface area contributed by atoms with Crippen molar-refractivity contribution in [2.24, 2.45) is 5.73 Å². The molecule has 0 aliphatic carbocycles. The fourth-order valence-corrected chi connectivity index (χ4v) is 0.588. The van der Waals surface area contributed by atoms with Crippen LogP contribution in [0.3, 0.4) is 0 Å². The van der Waals surface area contributed by atoms with Crippen LogP contribution in [-0.2, 0) is 4.74 Å². The molecule has 0 bridgehead atoms. The van der Waals surface area contributed by atoms with Crippen molar-refractivity contribution in [2.45, 2.75) is 25.3 Å². The highest BCUT2D eigenvalue weighted by atomic mass is 16.6. The highest BCUT2D eigenvalue weighted by molar-refractivity contribution is 4.74. The smallest absolute Gasteiger partial charge is 0.173 e. The Labute approximate surface area is 59.7 Å². The molecule has 0 heterocycles. The van der Waals surface area contributed by atoms with Crippen LogP contribution in [0.2, 0.25) is 0 Å². The number of rotatable bonds is 4. The molecule has 5 nitrogen and oxygen atoms in total. The first-order valence-electron chi connectivity index (χ1n) is 2.99. The first-order chi connectivity index (χ1) is 4.63. The van der Waals surface area contributed by atoms with Crippen LogP contribution in [-0.4, -0.2) is 35.8 Å². The lowest BCUT2D eigenvalue weighted by Gasteiger charge is -2.22. The second-order valence-electron chi connectivity index (χ2n) is 2.14. The Hall–Kier alpha value is -0.200. The summed E-state index contributed by atoms with van der Waals surface area (Å²) < 4.78 is 4.52. The topological polar surface area (TPSA) is 87.7 Å². The predicted octanol–water partition coefficient (Wildman–Crippen LogP) is -1.35. The zero-order chi connectivity index (χ0) is 8.15. The molecule has 0 aromatic heterocycles. The van der Waals surface area contributed by atoms with Gasteiger partial charge in [0.2, 0.25) is 0 Å². The first kappa shape index (κ1) is 9.80. The molecule has 5 N–H and O–H groups in total. The number of hydroxylamine groups is 1. The van der Waals surface area contributed by atoms with Gasteiger partial charge in [-0.3, -0.25) is 0 Å². The van der Waals surface area contributed by atoms with Gasteiger partial charge in [-0.15, -0.1) is 0 Å². The molecule has 0 spiro atoms. The number of nitrogens with one attached hydrogen (secondary N) is 1. The average molecular weight is 150 g/mol. The van der Waals surface area contributed by atoms with Gasteiger partial charge in [-0.25, -0.2) is 0 Å². The zero-order valence-electron chi connectivity index (χ0n) is 6.11. The largest absolute Gasteiger partial charge is 0.366 e. The van der Waals surface area contributed by atoms with Gasteiger partial charge in [-0.05, 0) is 6.92 Å². The van der Waals surface area contributed by atoms with E-state index in [1.165, 1.54) is 7.11 Å². The minimum atomic E-state index is -1.08. The van der Waals surface area contributed by atoms with Crippen LogP contribution in [0.5, 0.6) is 0 Å². The lowest BCUT2D eigenvalue weighted by Crippen LogP contribution is -2.50. The summed E-state index contributed by atoms with van der Waals surface area (Å²) in [6.45, 7) is 1.65. The number of aliphatic hydroxyl groups is 1. The molecule has 10 heavy (non-hydrogen) atoms. The second-order valence-corrected chi connectivity index (χ2v) is 2.14. The van der Waals surface area contributed by atoms with E-state index >= 15 is 0 Å². The normalized spacial score (nSPS) is 20.1. The second kappa shape index (κ2) is 4.59. The van der Waals surface area contributed by atoms with Gasteiger partial charge in [0.15, 0.2) is 6.29 Å². The molecule has 0 radical (unpaired) electrons. The summed E-state index contributed by atoms with van der Waals surface area (Å²) in [5, 5.41) is 17.4. The van der Waals surface area contributed by atoms with Crippen LogP contribution in [0.25, 0.3) is 0 Å². The van der Waals surface area contributed by atoms with Crippen LogP contribution >= 0.6 is 0 Å². The van der Waals surface area contributed by atoms with Crippen molar-refractivity contribution in [3.05, 3.63) is 0 Å². The molecule has 0 aliphatic heterocycles. The van der Waals surface area contributed by atoms with Gasteiger partial charge in [-0.1, -0.05) is 0 Å². The maximum absolute atomic E-state index is 8.96. The van der Waals surface area contributed by atoms with Crippen LogP contribution < -0.4 is 11.2 Å². The fraction of sp³-hybridized carbons (Fsp3) is 1.00. The predicted molar refractivity (Wildman–Crippen MR) is 35.4 cm³/mol. The van der Waals surface area contributed by atoms with Gasteiger partial charge in [0.25, 0.3) is 0 Å². The third-order valence-electron chi connectivity index (χ3n) is 1.26. The van der Waals surface area contributed by atoms with Crippen molar-refractivity contribution in [1.82, 2.24) is 5.48 Å². The summed E-state index contributed by atoms with van der Waals surface area (Å²) in [6.07, 6.45) is -1.08. The molecule has 0 rings (SSSR count). The Kier molecular flexibility index (Phi) is 4.50. The first-order valence-corrected chi connectivity index (χ1v) is 2.99. The standard InChI is InChI=1S/C5H14N2O3/c1-3(6)4(7-9)5(8)10-2/h3-5,7-9H,6H2,1-2H3. The Morgan fingerprint density at radius 3 is 2.20 bits per heavy atom. The van der Waals surface area contributed by atoms with Crippen LogP contribution in [0, 0.1) is 0 Å². The van der Waals surface area contributed by atoms with E-state index in [9.17, 15) is 0 Å². The number of hydrogen-bond acceptors (Lipinski definition) is 5. The van der Waals surface area contributed by atoms with E-state index in [1.807, 2.05) is 5.48 Å². The summed E-state index contributed by atoms with van der Waals surface area (Å²) in [4.78, 5) is 0. The maximum Gasteiger partial charge on any atom is 0.173 e. The van der Waals surface area contributed by atoms with Crippen molar-refractivity contribution in [3.8, 4) is 0 Å². The highest BCUT2D eigenvalue weighted by Crippen LogP contribution is 1.96. The molecular formula is C5H14N2O3. The van der Waals surface area contributed by atoms with Gasteiger partial charge in [0.05, 0.1) is 6.04 Å². The monoisotopic (exact) mass is 150 g/mol. The third kappa shape index (κ3) is 2.59. The number of hydrogen-bond donors (Lipinski definition) is 4. The van der Waals surface area contributed by atoms with E-state index in [0.717, 1.165) is 0 Å². The van der Waals surface area contributed by atoms with E-state index in [2.05, 4.69) is 4.74 Å². The quantitative estimate of drug-likeness (QED) is 0.294. The molecule has 0 saturated heterocycles. The number of aliphatic hydroxyl groups excluding tert-OH is 1. The molecular weight excluding hydrogens is 136 g/mol. The summed E-state index contributed by atoms with van der Waals surface area (Å²) in [5.74, 6) is 0. The maximum atomic E-state index is 8.96. The molecule has 0 fully saturated rings. The molecule has 62 valence electrons. The Morgan fingerprint density at radius 2 is 2.10 bits per heavy atom. The zero-order valence-corrected chi connectivity index (χ0v) is 6.11. The molecule has 0 saturated carbocycles. The Balaban J connectivity index is 3.80. The van der Waals surface area contributed by atoms with Gasteiger partial charge < -0.3 is 20.8 Å². The lowest BCUT2D eigenvalue weighted by atomic mass is 10.1. The Bertz CT molecular complexity index is 89.0. The lowest BCUT2D eigenvalue weighted by molar-refractivity contribution is -0.123. The van der Waals surface area contributed by atoms with Crippen LogP contribution in [0.15, 0.2) is 0 Å². The fourth-order valence-electron chi connectivity index (χ4n) is 0.588. The number of nitrogens with two attached hydrogens (primary N) is 1. The number of ether oxygens (including phenoxy) is 1. The highest BCUT2D eigenvalue weighted by Gasteiger charge is 2.21. The van der Waals surface area contributed by atoms with E-state index < -0.39 is 12.3 Å².